The topological polar surface area (TPSA) is 6.48 Å². The van der Waals surface area contributed by atoms with Crippen molar-refractivity contribution in [1.82, 2.24) is 0 Å². The molecule has 18 aromatic rings. The molecule has 0 spiro atoms. The zero-order chi connectivity index (χ0) is 87.5. The van der Waals surface area contributed by atoms with Crippen molar-refractivity contribution in [2.75, 3.05) is 9.80 Å². The Morgan fingerprint density at radius 1 is 0.213 bits per heavy atom. The van der Waals surface area contributed by atoms with Crippen LogP contribution < -0.4 is 9.80 Å². The molecular weight excluding hydrogens is 1530 g/mol. The second-order valence-corrected chi connectivity index (χ2v) is 34.9. The fourth-order valence-electron chi connectivity index (χ4n) is 18.9. The molecule has 0 fully saturated rings. The van der Waals surface area contributed by atoms with Crippen molar-refractivity contribution in [2.45, 2.75) is 152 Å². The van der Waals surface area contributed by atoms with E-state index in [1.807, 2.05) is 12.1 Å². The molecule has 0 heterocycles. The van der Waals surface area contributed by atoms with E-state index in [-0.39, 0.29) is 0 Å². The van der Waals surface area contributed by atoms with Gasteiger partial charge in [-0.3, -0.25) is 0 Å². The number of aryl methyl sites for hydroxylation is 9. The largest absolute Gasteiger partial charge is 0.311 e. The lowest BCUT2D eigenvalue weighted by Gasteiger charge is -2.26. The first-order valence-corrected chi connectivity index (χ1v) is 46.4. The average Bonchev–Trinajstić information content (AvgIpc) is 0.745. The third-order valence-electron chi connectivity index (χ3n) is 25.7. The van der Waals surface area contributed by atoms with Gasteiger partial charge in [0.25, 0.3) is 0 Å². The summed E-state index contributed by atoms with van der Waals surface area (Å²) in [5, 5.41) is 10.8. The van der Waals surface area contributed by atoms with Crippen LogP contribution in [0.2, 0.25) is 0 Å². The van der Waals surface area contributed by atoms with E-state index in [0.717, 1.165) is 52.5 Å². The maximum atomic E-state index is 3.90. The summed E-state index contributed by atoms with van der Waals surface area (Å²) in [6, 6.07) is 138. The molecule has 0 radical (unpaired) electrons. The molecule has 2 nitrogen and oxygen atoms in total. The van der Waals surface area contributed by atoms with Gasteiger partial charge in [0.1, 0.15) is 0 Å². The minimum atomic E-state index is 1.08. The van der Waals surface area contributed by atoms with E-state index in [0.29, 0.717) is 0 Å². The maximum absolute atomic E-state index is 3.90. The molecule has 0 N–H and O–H groups in total. The number of unbranched alkanes of at least 4 members (excludes halogenated alkanes) is 10. The van der Waals surface area contributed by atoms with Gasteiger partial charge in [0, 0.05) is 34.1 Å². The molecule has 2 heteroatoms. The van der Waals surface area contributed by atoms with Crippen LogP contribution in [0.25, 0.3) is 127 Å². The molecule has 0 aliphatic heterocycles. The Morgan fingerprint density at radius 3 is 0.913 bits per heavy atom. The molecule has 0 atom stereocenters. The van der Waals surface area contributed by atoms with E-state index in [9.17, 15) is 0 Å². The third kappa shape index (κ3) is 20.2. The summed E-state index contributed by atoms with van der Waals surface area (Å²) in [6.45, 7) is 24.0. The molecule has 0 saturated carbocycles. The van der Waals surface area contributed by atoms with Crippen LogP contribution in [0.1, 0.15) is 147 Å². The first-order valence-electron chi connectivity index (χ1n) is 46.4. The highest BCUT2D eigenvalue weighted by molar-refractivity contribution is 6.14. The maximum Gasteiger partial charge on any atom is 0.0462 e. The molecule has 18 aromatic carbocycles. The molecule has 0 aliphatic rings. The minimum absolute atomic E-state index is 1.08. The van der Waals surface area contributed by atoms with Crippen LogP contribution in [0, 0.1) is 48.5 Å². The Labute approximate surface area is 756 Å². The predicted molar refractivity (Wildman–Crippen MR) is 554 cm³/mol. The number of fused-ring (bicyclic) bond motifs is 4. The summed E-state index contributed by atoms with van der Waals surface area (Å²) < 4.78 is 0. The zero-order valence-corrected chi connectivity index (χ0v) is 75.9. The lowest BCUT2D eigenvalue weighted by Crippen LogP contribution is -2.09. The lowest BCUT2D eigenvalue weighted by atomic mass is 9.81. The monoisotopic (exact) mass is 1650 g/mol. The van der Waals surface area contributed by atoms with Gasteiger partial charge in [0.2, 0.25) is 0 Å². The van der Waals surface area contributed by atoms with Crippen LogP contribution in [0.4, 0.5) is 34.1 Å². The molecule has 0 unspecified atom stereocenters. The van der Waals surface area contributed by atoms with Crippen LogP contribution in [0.3, 0.4) is 0 Å². The smallest absolute Gasteiger partial charge is 0.0462 e. The average molecular weight is 1650 g/mol. The number of rotatable bonds is 28. The summed E-state index contributed by atoms with van der Waals surface area (Å²) in [6.07, 6.45) is 19.7. The zero-order valence-electron chi connectivity index (χ0n) is 75.9. The fourth-order valence-corrected chi connectivity index (χ4v) is 18.9. The van der Waals surface area contributed by atoms with Gasteiger partial charge < -0.3 is 9.80 Å². The number of anilines is 6. The molecule has 18 rings (SSSR count). The quantitative estimate of drug-likeness (QED) is 0.0451. The van der Waals surface area contributed by atoms with Crippen molar-refractivity contribution in [3.05, 3.63) is 438 Å². The van der Waals surface area contributed by atoms with Gasteiger partial charge in [-0.25, -0.2) is 0 Å². The van der Waals surface area contributed by atoms with Crippen molar-refractivity contribution in [3.8, 4) is 77.9 Å². The van der Waals surface area contributed by atoms with E-state index in [1.165, 1.54) is 248 Å². The molecule has 0 saturated heterocycles. The molecule has 630 valence electrons. The highest BCUT2D eigenvalue weighted by Crippen LogP contribution is 2.48. The van der Waals surface area contributed by atoms with Crippen LogP contribution in [0.5, 0.6) is 0 Å². The summed E-state index contributed by atoms with van der Waals surface area (Å²) in [4.78, 5) is 4.69. The summed E-state index contributed by atoms with van der Waals surface area (Å²) in [7, 11) is 0. The Bertz CT molecular complexity index is 6740. The molecule has 0 amide bonds. The van der Waals surface area contributed by atoms with Crippen molar-refractivity contribution in [2.24, 2.45) is 0 Å². The molecule has 0 bridgehead atoms. The van der Waals surface area contributed by atoms with Gasteiger partial charge in [-0.1, -0.05) is 399 Å². The summed E-state index contributed by atoms with van der Waals surface area (Å²) >= 11 is 0. The summed E-state index contributed by atoms with van der Waals surface area (Å²) in [5.41, 5.74) is 38.2. The van der Waals surface area contributed by atoms with Crippen LogP contribution in [0.15, 0.2) is 383 Å². The first kappa shape index (κ1) is 86.8. The van der Waals surface area contributed by atoms with E-state index in [2.05, 4.69) is 449 Å². The second-order valence-electron chi connectivity index (χ2n) is 34.9. The van der Waals surface area contributed by atoms with E-state index < -0.39 is 0 Å². The van der Waals surface area contributed by atoms with Gasteiger partial charge in [-0.05, 0) is 319 Å². The van der Waals surface area contributed by atoms with E-state index >= 15 is 0 Å². The Balaban J connectivity index is 0.000000155. The SMILES string of the molecule is C=Cc1cccc(-c2ccc(N(c3ccc(C)cc3)c3ccc(-c4ccccc4)cc3)cc2)c1.CCCCCCCCc1cc(C)c2ccccc2c1-c1c(CCCCCCCC)cc(-c2ccc(N(c3ccc(C)cc3)c3ccc(-c4ccccc4)cc3)cc2)c2ccccc12.Cc1ccc(-c2cc(C)c(-c3c(C)cc(C)c4ccccc34)c3ccccc23)cc1. The van der Waals surface area contributed by atoms with Gasteiger partial charge >= 0.3 is 0 Å². The van der Waals surface area contributed by atoms with E-state index in [4.69, 9.17) is 0 Å². The van der Waals surface area contributed by atoms with Crippen LogP contribution in [-0.4, -0.2) is 0 Å². The van der Waals surface area contributed by atoms with Crippen molar-refractivity contribution < 1.29 is 0 Å². The van der Waals surface area contributed by atoms with E-state index in [1.54, 1.807) is 0 Å². The summed E-state index contributed by atoms with van der Waals surface area (Å²) in [5.74, 6) is 0. The Morgan fingerprint density at radius 2 is 0.496 bits per heavy atom. The highest BCUT2D eigenvalue weighted by atomic mass is 15.1. The molecule has 0 aliphatic carbocycles. The van der Waals surface area contributed by atoms with Crippen molar-refractivity contribution in [1.29, 1.82) is 0 Å². The number of benzene rings is 18. The Kier molecular flexibility index (Phi) is 28.3. The van der Waals surface area contributed by atoms with Crippen LogP contribution >= 0.6 is 0 Å². The highest BCUT2D eigenvalue weighted by Gasteiger charge is 2.24. The molecule has 127 heavy (non-hydrogen) atoms. The second kappa shape index (κ2) is 41.4. The molecule has 0 aromatic heterocycles. The number of hydrogen-bond donors (Lipinski definition) is 0. The van der Waals surface area contributed by atoms with Crippen molar-refractivity contribution in [3.63, 3.8) is 0 Å². The van der Waals surface area contributed by atoms with Crippen molar-refractivity contribution >= 4 is 83.3 Å². The third-order valence-corrected chi connectivity index (χ3v) is 25.7. The standard InChI is InChI=1S/C62H67N.C33H27N.C30H26/c1-5-7-9-11-13-16-26-51-44-47(4)56-28-20-22-30-58(56)61(51)62-52(27-17-14-12-10-8-6-2)45-60(57-29-21-23-31-59(57)62)50-36-42-55(43-37-50)63(53-38-32-46(3)33-39-53)54-40-34-49(35-41-54)48-24-18-15-19-25-48;1-3-26-8-7-11-30(24-26)29-16-22-33(23-17-29)34(31-18-12-25(2)13-19-31)32-20-14-28(15-21-32)27-9-5-4-6-10-27;1-19-13-15-23(16-14-19)28-18-22(4)30(27-12-8-6-10-25(27)28)29-21(3)17-20(2)24-9-5-7-11-26(24)29/h15,18-25,28-45H,5-14,16-17,26-27H2,1-4H3;3-24H,1H2,2H3;5-18H,1-4H3. The minimum Gasteiger partial charge on any atom is -0.311 e. The normalized spacial score (nSPS) is 11.2. The Hall–Kier alpha value is -13.7. The van der Waals surface area contributed by atoms with Gasteiger partial charge in [0.15, 0.2) is 0 Å². The number of nitrogens with zero attached hydrogens (tertiary/aromatic N) is 2. The van der Waals surface area contributed by atoms with Gasteiger partial charge in [-0.15, -0.1) is 0 Å². The first-order chi connectivity index (χ1) is 62.3. The lowest BCUT2D eigenvalue weighted by molar-refractivity contribution is 0.607. The molecular formula is C125H120N2. The number of hydrogen-bond acceptors (Lipinski definition) is 2. The fraction of sp³-hybridized carbons (Fsp3) is 0.184. The van der Waals surface area contributed by atoms with Crippen LogP contribution in [-0.2, 0) is 12.8 Å². The van der Waals surface area contributed by atoms with Gasteiger partial charge in [0.05, 0.1) is 0 Å². The predicted octanol–water partition coefficient (Wildman–Crippen LogP) is 36.9. The van der Waals surface area contributed by atoms with Gasteiger partial charge in [-0.2, -0.15) is 0 Å².